The molecule has 4 N–H and O–H groups in total. The van der Waals surface area contributed by atoms with Crippen molar-refractivity contribution in [1.82, 2.24) is 0 Å². The first-order valence-corrected chi connectivity index (χ1v) is 5.41. The van der Waals surface area contributed by atoms with Crippen LogP contribution in [0, 0.1) is 0 Å². The third-order valence-electron chi connectivity index (χ3n) is 3.14. The number of rotatable bonds is 1. The summed E-state index contributed by atoms with van der Waals surface area (Å²) in [5.74, 6) is -0.583. The van der Waals surface area contributed by atoms with Crippen molar-refractivity contribution in [3.05, 3.63) is 34.9 Å². The number of aliphatic hydroxyl groups is 4. The van der Waals surface area contributed by atoms with Gasteiger partial charge in [0.1, 0.15) is 24.4 Å². The van der Waals surface area contributed by atoms with Crippen molar-refractivity contribution in [2.75, 3.05) is 7.11 Å². The highest BCUT2D eigenvalue weighted by atomic mass is 16.5. The molecule has 0 saturated heterocycles. The van der Waals surface area contributed by atoms with E-state index in [4.69, 9.17) is 0 Å². The van der Waals surface area contributed by atoms with E-state index in [2.05, 4.69) is 4.74 Å². The van der Waals surface area contributed by atoms with Crippen molar-refractivity contribution in [3.63, 3.8) is 0 Å². The Morgan fingerprint density at radius 3 is 2.17 bits per heavy atom. The Balaban J connectivity index is 2.49. The number of esters is 1. The summed E-state index contributed by atoms with van der Waals surface area (Å²) >= 11 is 0. The number of aliphatic hydroxyl groups excluding tert-OH is 4. The summed E-state index contributed by atoms with van der Waals surface area (Å²) < 4.78 is 4.54. The lowest BCUT2D eigenvalue weighted by Gasteiger charge is -2.34. The zero-order valence-electron chi connectivity index (χ0n) is 9.65. The molecule has 1 aliphatic carbocycles. The summed E-state index contributed by atoms with van der Waals surface area (Å²) in [6.45, 7) is 0. The van der Waals surface area contributed by atoms with Gasteiger partial charge in [0.25, 0.3) is 0 Å². The summed E-state index contributed by atoms with van der Waals surface area (Å²) in [5, 5.41) is 38.7. The maximum absolute atomic E-state index is 11.4. The third kappa shape index (κ3) is 1.89. The minimum Gasteiger partial charge on any atom is -0.465 e. The lowest BCUT2D eigenvalue weighted by atomic mass is 9.82. The van der Waals surface area contributed by atoms with Gasteiger partial charge in [-0.15, -0.1) is 0 Å². The summed E-state index contributed by atoms with van der Waals surface area (Å²) in [5.41, 5.74) is 0.697. The first-order chi connectivity index (χ1) is 8.47. The molecule has 4 atom stereocenters. The number of carbonyl (C=O) groups is 1. The van der Waals surface area contributed by atoms with E-state index in [1.165, 1.54) is 25.3 Å². The van der Waals surface area contributed by atoms with Gasteiger partial charge in [-0.1, -0.05) is 6.07 Å². The normalized spacial score (nSPS) is 30.7. The van der Waals surface area contributed by atoms with Crippen LogP contribution in [-0.2, 0) is 4.74 Å². The zero-order chi connectivity index (χ0) is 13.4. The molecule has 0 aliphatic heterocycles. The van der Waals surface area contributed by atoms with Crippen LogP contribution in [0.15, 0.2) is 18.2 Å². The molecule has 0 spiro atoms. The minimum absolute atomic E-state index is 0.200. The topological polar surface area (TPSA) is 107 Å². The van der Waals surface area contributed by atoms with Crippen LogP contribution in [0.1, 0.15) is 33.7 Å². The molecular weight excluding hydrogens is 240 g/mol. The van der Waals surface area contributed by atoms with Crippen LogP contribution < -0.4 is 0 Å². The van der Waals surface area contributed by atoms with Crippen molar-refractivity contribution in [2.24, 2.45) is 0 Å². The highest BCUT2D eigenvalue weighted by Gasteiger charge is 2.39. The number of hydrogen-bond donors (Lipinski definition) is 4. The van der Waals surface area contributed by atoms with Crippen LogP contribution >= 0.6 is 0 Å². The molecule has 6 nitrogen and oxygen atoms in total. The highest BCUT2D eigenvalue weighted by molar-refractivity contribution is 5.89. The second-order valence-electron chi connectivity index (χ2n) is 4.21. The van der Waals surface area contributed by atoms with Crippen LogP contribution in [0.2, 0.25) is 0 Å². The molecule has 98 valence electrons. The molecule has 0 radical (unpaired) electrons. The van der Waals surface area contributed by atoms with Gasteiger partial charge < -0.3 is 25.2 Å². The minimum atomic E-state index is -1.50. The molecule has 0 bridgehead atoms. The van der Waals surface area contributed by atoms with Crippen LogP contribution in [0.5, 0.6) is 0 Å². The Bertz CT molecular complexity index is 472. The predicted molar refractivity (Wildman–Crippen MR) is 59.7 cm³/mol. The molecular formula is C12H14O6. The van der Waals surface area contributed by atoms with Gasteiger partial charge in [-0.05, 0) is 23.3 Å². The van der Waals surface area contributed by atoms with Crippen LogP contribution in [-0.4, -0.2) is 45.7 Å². The van der Waals surface area contributed by atoms with Crippen molar-refractivity contribution >= 4 is 5.97 Å². The fraction of sp³-hybridized carbons (Fsp3) is 0.417. The first-order valence-electron chi connectivity index (χ1n) is 5.41. The second kappa shape index (κ2) is 4.66. The van der Waals surface area contributed by atoms with Crippen molar-refractivity contribution in [3.8, 4) is 0 Å². The smallest absolute Gasteiger partial charge is 0.337 e. The standard InChI is InChI=1S/C12H14O6/c1-18-12(17)5-2-3-6-7(4-5)9(14)11(16)10(15)8(6)13/h2-4,8-11,13-16H,1H3/t8-,9-,10-,11-/m1/s1. The van der Waals surface area contributed by atoms with E-state index >= 15 is 0 Å². The van der Waals surface area contributed by atoms with E-state index < -0.39 is 30.4 Å². The molecule has 6 heteroatoms. The molecule has 18 heavy (non-hydrogen) atoms. The van der Waals surface area contributed by atoms with E-state index in [0.717, 1.165) is 0 Å². The number of methoxy groups -OCH3 is 1. The molecule has 1 aliphatic rings. The molecule has 0 fully saturated rings. The SMILES string of the molecule is COC(=O)c1ccc2c(c1)[C@@H](O)[C@@H](O)[C@H](O)[C@@H]2O. The molecule has 0 amide bonds. The van der Waals surface area contributed by atoms with Crippen LogP contribution in [0.3, 0.4) is 0 Å². The van der Waals surface area contributed by atoms with Gasteiger partial charge in [0.2, 0.25) is 0 Å². The van der Waals surface area contributed by atoms with Gasteiger partial charge in [0.05, 0.1) is 12.7 Å². The quantitative estimate of drug-likeness (QED) is 0.492. The summed E-state index contributed by atoms with van der Waals surface area (Å²) in [6.07, 6.45) is -5.62. The summed E-state index contributed by atoms with van der Waals surface area (Å²) in [4.78, 5) is 11.4. The van der Waals surface area contributed by atoms with Crippen molar-refractivity contribution in [2.45, 2.75) is 24.4 Å². The predicted octanol–water partition coefficient (Wildman–Crippen LogP) is -0.725. The average Bonchev–Trinajstić information content (AvgIpc) is 2.41. The largest absolute Gasteiger partial charge is 0.465 e. The Kier molecular flexibility index (Phi) is 3.36. The maximum atomic E-state index is 11.4. The number of carbonyl (C=O) groups excluding carboxylic acids is 1. The Labute approximate surface area is 103 Å². The van der Waals surface area contributed by atoms with Crippen LogP contribution in [0.25, 0.3) is 0 Å². The average molecular weight is 254 g/mol. The molecule has 0 saturated carbocycles. The lowest BCUT2D eigenvalue weighted by Crippen LogP contribution is -2.41. The second-order valence-corrected chi connectivity index (χ2v) is 4.21. The zero-order valence-corrected chi connectivity index (χ0v) is 9.65. The van der Waals surface area contributed by atoms with Gasteiger partial charge in [-0.3, -0.25) is 0 Å². The molecule has 1 aromatic rings. The summed E-state index contributed by atoms with van der Waals surface area (Å²) in [6, 6.07) is 4.18. The summed E-state index contributed by atoms with van der Waals surface area (Å²) in [7, 11) is 1.23. The number of hydrogen-bond acceptors (Lipinski definition) is 6. The molecule has 1 aromatic carbocycles. The molecule has 0 heterocycles. The van der Waals surface area contributed by atoms with Gasteiger partial charge in [0.15, 0.2) is 0 Å². The van der Waals surface area contributed by atoms with Crippen molar-refractivity contribution in [1.29, 1.82) is 0 Å². The Hall–Kier alpha value is -1.47. The fourth-order valence-corrected chi connectivity index (χ4v) is 2.09. The monoisotopic (exact) mass is 254 g/mol. The third-order valence-corrected chi connectivity index (χ3v) is 3.14. The first kappa shape index (κ1) is 13.0. The van der Waals surface area contributed by atoms with Gasteiger partial charge in [0, 0.05) is 0 Å². The molecule has 0 aromatic heterocycles. The molecule has 2 rings (SSSR count). The fourth-order valence-electron chi connectivity index (χ4n) is 2.09. The molecule has 0 unspecified atom stereocenters. The van der Waals surface area contributed by atoms with E-state index in [1.54, 1.807) is 0 Å². The Morgan fingerprint density at radius 1 is 1.06 bits per heavy atom. The van der Waals surface area contributed by atoms with E-state index in [0.29, 0.717) is 0 Å². The van der Waals surface area contributed by atoms with E-state index in [1.807, 2.05) is 0 Å². The van der Waals surface area contributed by atoms with Gasteiger partial charge in [-0.25, -0.2) is 4.79 Å². The van der Waals surface area contributed by atoms with Crippen LogP contribution in [0.4, 0.5) is 0 Å². The number of fused-ring (bicyclic) bond motifs is 1. The highest BCUT2D eigenvalue weighted by Crippen LogP contribution is 2.37. The van der Waals surface area contributed by atoms with Gasteiger partial charge >= 0.3 is 5.97 Å². The van der Waals surface area contributed by atoms with E-state index in [9.17, 15) is 25.2 Å². The van der Waals surface area contributed by atoms with E-state index in [-0.39, 0.29) is 16.7 Å². The van der Waals surface area contributed by atoms with Gasteiger partial charge in [-0.2, -0.15) is 0 Å². The number of ether oxygens (including phenoxy) is 1. The van der Waals surface area contributed by atoms with Crippen molar-refractivity contribution < 1.29 is 30.0 Å². The Morgan fingerprint density at radius 2 is 1.61 bits per heavy atom. The number of benzene rings is 1. The lowest BCUT2D eigenvalue weighted by molar-refractivity contribution is -0.120. The maximum Gasteiger partial charge on any atom is 0.337 e.